The Morgan fingerprint density at radius 3 is 2.62 bits per heavy atom. The maximum atomic E-state index is 12.2. The number of nitro benzene ring substituents is 1. The number of hydrogen-bond donors (Lipinski definition) is 2. The summed E-state index contributed by atoms with van der Waals surface area (Å²) in [5, 5.41) is 16.7. The molecule has 6 heteroatoms. The summed E-state index contributed by atoms with van der Waals surface area (Å²) in [5.74, 6) is -0.256. The van der Waals surface area contributed by atoms with Gasteiger partial charge in [-0.25, -0.2) is 0 Å². The highest BCUT2D eigenvalue weighted by atomic mass is 16.6. The summed E-state index contributed by atoms with van der Waals surface area (Å²) in [6.07, 6.45) is 4.64. The Labute approximate surface area is 124 Å². The quantitative estimate of drug-likeness (QED) is 0.645. The van der Waals surface area contributed by atoms with Crippen LogP contribution in [-0.2, 0) is 0 Å². The summed E-state index contributed by atoms with van der Waals surface area (Å²) < 4.78 is 0. The van der Waals surface area contributed by atoms with Crippen molar-refractivity contribution in [3.05, 3.63) is 33.9 Å². The predicted octanol–water partition coefficient (Wildman–Crippen LogP) is 2.95. The Bertz CT molecular complexity index is 551. The van der Waals surface area contributed by atoms with E-state index in [2.05, 4.69) is 17.6 Å². The lowest BCUT2D eigenvalue weighted by atomic mass is 9.89. The second-order valence-electron chi connectivity index (χ2n) is 5.94. The van der Waals surface area contributed by atoms with Crippen LogP contribution in [0.25, 0.3) is 0 Å². The Balaban J connectivity index is 2.08. The molecule has 0 spiro atoms. The molecule has 1 saturated carbocycles. The monoisotopic (exact) mass is 291 g/mol. The number of carbonyl (C=O) groups is 1. The van der Waals surface area contributed by atoms with Crippen molar-refractivity contribution in [2.24, 2.45) is 5.41 Å². The summed E-state index contributed by atoms with van der Waals surface area (Å²) in [4.78, 5) is 22.7. The Morgan fingerprint density at radius 2 is 2.05 bits per heavy atom. The summed E-state index contributed by atoms with van der Waals surface area (Å²) in [5.41, 5.74) is 0.797. The number of anilines is 1. The van der Waals surface area contributed by atoms with Crippen molar-refractivity contribution in [1.82, 2.24) is 5.32 Å². The maximum Gasteiger partial charge on any atom is 0.293 e. The third kappa shape index (κ3) is 3.51. The van der Waals surface area contributed by atoms with Gasteiger partial charge in [-0.2, -0.15) is 0 Å². The van der Waals surface area contributed by atoms with Crippen LogP contribution in [0.5, 0.6) is 0 Å². The molecule has 21 heavy (non-hydrogen) atoms. The molecule has 1 aromatic rings. The molecular weight excluding hydrogens is 270 g/mol. The fourth-order valence-electron chi connectivity index (χ4n) is 2.84. The van der Waals surface area contributed by atoms with Gasteiger partial charge in [-0.3, -0.25) is 14.9 Å². The van der Waals surface area contributed by atoms with E-state index in [0.717, 1.165) is 12.8 Å². The molecule has 1 aliphatic rings. The second-order valence-corrected chi connectivity index (χ2v) is 5.94. The maximum absolute atomic E-state index is 12.2. The molecule has 0 aliphatic heterocycles. The van der Waals surface area contributed by atoms with Crippen molar-refractivity contribution >= 4 is 17.3 Å². The van der Waals surface area contributed by atoms with Crippen LogP contribution in [0.2, 0.25) is 0 Å². The minimum absolute atomic E-state index is 0.0859. The number of nitro groups is 1. The van der Waals surface area contributed by atoms with E-state index < -0.39 is 4.92 Å². The van der Waals surface area contributed by atoms with Gasteiger partial charge in [0.15, 0.2) is 0 Å². The number of hydrogen-bond acceptors (Lipinski definition) is 4. The molecule has 1 amide bonds. The van der Waals surface area contributed by atoms with Gasteiger partial charge in [0.25, 0.3) is 11.6 Å². The number of nitrogens with one attached hydrogen (secondary N) is 2. The topological polar surface area (TPSA) is 84.3 Å². The average Bonchev–Trinajstić information content (AvgIpc) is 2.91. The molecule has 2 rings (SSSR count). The van der Waals surface area contributed by atoms with E-state index in [1.807, 2.05) is 0 Å². The molecule has 0 atom stereocenters. The summed E-state index contributed by atoms with van der Waals surface area (Å²) in [6.45, 7) is 2.79. The first-order valence-electron chi connectivity index (χ1n) is 7.20. The summed E-state index contributed by atoms with van der Waals surface area (Å²) in [7, 11) is 1.61. The van der Waals surface area contributed by atoms with E-state index in [-0.39, 0.29) is 17.0 Å². The van der Waals surface area contributed by atoms with Gasteiger partial charge in [0.05, 0.1) is 4.92 Å². The van der Waals surface area contributed by atoms with Crippen LogP contribution in [0.1, 0.15) is 43.0 Å². The Hall–Kier alpha value is -2.11. The number of nitrogens with zero attached hydrogens (tertiary/aromatic N) is 1. The highest BCUT2D eigenvalue weighted by Crippen LogP contribution is 2.36. The van der Waals surface area contributed by atoms with Crippen LogP contribution in [0.15, 0.2) is 18.2 Å². The first-order valence-corrected chi connectivity index (χ1v) is 7.20. The fraction of sp³-hybridized carbons (Fsp3) is 0.533. The van der Waals surface area contributed by atoms with Crippen LogP contribution in [0, 0.1) is 15.5 Å². The van der Waals surface area contributed by atoms with Gasteiger partial charge in [-0.15, -0.1) is 0 Å². The molecule has 0 bridgehead atoms. The van der Waals surface area contributed by atoms with Gasteiger partial charge in [-0.05, 0) is 30.4 Å². The van der Waals surface area contributed by atoms with Crippen molar-refractivity contribution in [3.63, 3.8) is 0 Å². The molecule has 0 aromatic heterocycles. The van der Waals surface area contributed by atoms with Gasteiger partial charge in [0, 0.05) is 25.2 Å². The van der Waals surface area contributed by atoms with Crippen LogP contribution in [0.4, 0.5) is 11.4 Å². The number of benzene rings is 1. The molecule has 1 aliphatic carbocycles. The second kappa shape index (κ2) is 6.11. The van der Waals surface area contributed by atoms with Crippen LogP contribution < -0.4 is 10.6 Å². The van der Waals surface area contributed by atoms with Crippen molar-refractivity contribution in [2.75, 3.05) is 18.9 Å². The van der Waals surface area contributed by atoms with Crippen molar-refractivity contribution in [1.29, 1.82) is 0 Å². The molecular formula is C15H21N3O3. The van der Waals surface area contributed by atoms with Crippen molar-refractivity contribution < 1.29 is 9.72 Å². The summed E-state index contributed by atoms with van der Waals surface area (Å²) in [6, 6.07) is 4.48. The minimum atomic E-state index is -0.485. The highest BCUT2D eigenvalue weighted by molar-refractivity contribution is 5.95. The largest absolute Gasteiger partial charge is 0.383 e. The molecule has 2 N–H and O–H groups in total. The smallest absolute Gasteiger partial charge is 0.293 e. The highest BCUT2D eigenvalue weighted by Gasteiger charge is 2.29. The molecule has 0 heterocycles. The minimum Gasteiger partial charge on any atom is -0.383 e. The zero-order chi connectivity index (χ0) is 15.5. The van der Waals surface area contributed by atoms with E-state index in [1.54, 1.807) is 19.2 Å². The molecule has 1 aromatic carbocycles. The van der Waals surface area contributed by atoms with Gasteiger partial charge < -0.3 is 10.6 Å². The van der Waals surface area contributed by atoms with Crippen LogP contribution in [-0.4, -0.2) is 24.4 Å². The SMILES string of the molecule is CNc1ccc(C(=O)NCC2(C)CCCC2)cc1[N+](=O)[O-]. The molecule has 114 valence electrons. The van der Waals surface area contributed by atoms with Gasteiger partial charge >= 0.3 is 0 Å². The van der Waals surface area contributed by atoms with Gasteiger partial charge in [-0.1, -0.05) is 19.8 Å². The van der Waals surface area contributed by atoms with Crippen molar-refractivity contribution in [2.45, 2.75) is 32.6 Å². The molecule has 0 unspecified atom stereocenters. The number of rotatable bonds is 5. The predicted molar refractivity (Wildman–Crippen MR) is 81.6 cm³/mol. The first-order chi connectivity index (χ1) is 9.95. The molecule has 0 saturated heterocycles. The van der Waals surface area contributed by atoms with E-state index in [4.69, 9.17) is 0 Å². The van der Waals surface area contributed by atoms with Crippen molar-refractivity contribution in [3.8, 4) is 0 Å². The number of carbonyl (C=O) groups excluding carboxylic acids is 1. The molecule has 6 nitrogen and oxygen atoms in total. The van der Waals surface area contributed by atoms with E-state index in [0.29, 0.717) is 17.8 Å². The molecule has 0 radical (unpaired) electrons. The Morgan fingerprint density at radius 1 is 1.38 bits per heavy atom. The van der Waals surface area contributed by atoms with Gasteiger partial charge in [0.1, 0.15) is 5.69 Å². The normalized spacial score (nSPS) is 16.5. The zero-order valence-corrected chi connectivity index (χ0v) is 12.4. The average molecular weight is 291 g/mol. The van der Waals surface area contributed by atoms with E-state index in [9.17, 15) is 14.9 Å². The van der Waals surface area contributed by atoms with Crippen LogP contribution in [0.3, 0.4) is 0 Å². The standard InChI is InChI=1S/C15H21N3O3/c1-15(7-3-4-8-15)10-17-14(19)11-5-6-12(16-2)13(9-11)18(20)21/h5-6,9,16H,3-4,7-8,10H2,1-2H3,(H,17,19). The first kappa shape index (κ1) is 15.3. The third-order valence-electron chi connectivity index (χ3n) is 4.21. The van der Waals surface area contributed by atoms with Crippen LogP contribution >= 0.6 is 0 Å². The fourth-order valence-corrected chi connectivity index (χ4v) is 2.84. The number of amides is 1. The molecule has 1 fully saturated rings. The van der Waals surface area contributed by atoms with E-state index in [1.165, 1.54) is 18.9 Å². The lowest BCUT2D eigenvalue weighted by Crippen LogP contribution is -2.34. The van der Waals surface area contributed by atoms with Gasteiger partial charge in [0.2, 0.25) is 0 Å². The lowest BCUT2D eigenvalue weighted by molar-refractivity contribution is -0.384. The third-order valence-corrected chi connectivity index (χ3v) is 4.21. The Kier molecular flexibility index (Phi) is 4.45. The zero-order valence-electron chi connectivity index (χ0n) is 12.4. The summed E-state index contributed by atoms with van der Waals surface area (Å²) >= 11 is 0. The van der Waals surface area contributed by atoms with E-state index >= 15 is 0 Å². The lowest BCUT2D eigenvalue weighted by Gasteiger charge is -2.23.